The quantitative estimate of drug-likeness (QED) is 0.885. The number of aryl methyl sites for hydroxylation is 1. The molecule has 1 saturated heterocycles. The molecule has 0 aromatic carbocycles. The number of amides is 1. The molecule has 1 aliphatic heterocycles. The molecule has 0 saturated carbocycles. The van der Waals surface area contributed by atoms with Crippen LogP contribution < -0.4 is 5.32 Å². The average molecular weight is 339 g/mol. The van der Waals surface area contributed by atoms with Gasteiger partial charge in [-0.15, -0.1) is 11.3 Å². The van der Waals surface area contributed by atoms with Crippen molar-refractivity contribution in [3.05, 3.63) is 28.8 Å². The lowest BCUT2D eigenvalue weighted by Gasteiger charge is -2.07. The Kier molecular flexibility index (Phi) is 4.05. The number of H-pyrrole nitrogens is 1. The Hall–Kier alpha value is -1.67. The van der Waals surface area contributed by atoms with Gasteiger partial charge >= 0.3 is 0 Å². The summed E-state index contributed by atoms with van der Waals surface area (Å²) in [4.78, 5) is 14.3. The van der Waals surface area contributed by atoms with Gasteiger partial charge in [-0.3, -0.25) is 9.89 Å². The Labute approximate surface area is 132 Å². The van der Waals surface area contributed by atoms with E-state index in [2.05, 4.69) is 15.5 Å². The second-order valence-corrected chi connectivity index (χ2v) is 9.07. The fourth-order valence-electron chi connectivity index (χ4n) is 2.50. The number of aromatic amines is 1. The van der Waals surface area contributed by atoms with E-state index in [4.69, 9.17) is 0 Å². The Morgan fingerprint density at radius 1 is 1.50 bits per heavy atom. The van der Waals surface area contributed by atoms with E-state index in [1.54, 1.807) is 17.4 Å². The van der Waals surface area contributed by atoms with Crippen molar-refractivity contribution < 1.29 is 13.2 Å². The van der Waals surface area contributed by atoms with Gasteiger partial charge < -0.3 is 5.32 Å². The summed E-state index contributed by atoms with van der Waals surface area (Å²) in [5, 5.41) is 9.65. The van der Waals surface area contributed by atoms with E-state index in [9.17, 15) is 13.2 Å². The molecule has 6 nitrogen and oxygen atoms in total. The van der Waals surface area contributed by atoms with Gasteiger partial charge in [0.1, 0.15) is 0 Å². The summed E-state index contributed by atoms with van der Waals surface area (Å²) >= 11 is 1.63. The first-order valence-electron chi connectivity index (χ1n) is 7.04. The molecule has 8 heteroatoms. The smallest absolute Gasteiger partial charge is 0.271 e. The number of sulfone groups is 1. The highest BCUT2D eigenvalue weighted by molar-refractivity contribution is 7.91. The third-order valence-corrected chi connectivity index (χ3v) is 6.57. The maximum absolute atomic E-state index is 12.1. The van der Waals surface area contributed by atoms with Crippen molar-refractivity contribution in [1.82, 2.24) is 15.5 Å². The summed E-state index contributed by atoms with van der Waals surface area (Å²) in [6, 6.07) is 5.71. The van der Waals surface area contributed by atoms with E-state index in [0.717, 1.165) is 10.6 Å². The molecule has 1 aliphatic rings. The number of nitrogens with one attached hydrogen (secondary N) is 2. The van der Waals surface area contributed by atoms with Crippen LogP contribution in [0.2, 0.25) is 0 Å². The number of carbonyl (C=O) groups is 1. The molecule has 22 heavy (non-hydrogen) atoms. The van der Waals surface area contributed by atoms with E-state index in [0.29, 0.717) is 18.7 Å². The maximum Gasteiger partial charge on any atom is 0.271 e. The predicted octanol–water partition coefficient (Wildman–Crippen LogP) is 1.61. The lowest BCUT2D eigenvalue weighted by molar-refractivity contribution is 0.0943. The van der Waals surface area contributed by atoms with Crippen molar-refractivity contribution in [2.75, 3.05) is 18.1 Å². The maximum atomic E-state index is 12.1. The second-order valence-electron chi connectivity index (χ2n) is 5.56. The summed E-state index contributed by atoms with van der Waals surface area (Å²) in [5.74, 6) is 0.109. The van der Waals surface area contributed by atoms with Gasteiger partial charge in [0.05, 0.1) is 22.1 Å². The van der Waals surface area contributed by atoms with Gasteiger partial charge in [-0.05, 0) is 37.5 Å². The highest BCUT2D eigenvalue weighted by Gasteiger charge is 2.28. The number of carbonyl (C=O) groups excluding carboxylic acids is 1. The zero-order chi connectivity index (χ0) is 15.7. The molecule has 0 spiro atoms. The molecule has 1 unspecified atom stereocenters. The molecule has 2 aromatic rings. The first kappa shape index (κ1) is 15.2. The van der Waals surface area contributed by atoms with E-state index in [1.165, 1.54) is 4.88 Å². The standard InChI is InChI=1S/C14H17N3O3S2/c1-9-2-3-13(21-9)11-6-12(17-16-11)14(18)15-7-10-4-5-22(19,20)8-10/h2-3,6,10H,4-5,7-8H2,1H3,(H,15,18)(H,16,17). The minimum atomic E-state index is -2.91. The molecule has 3 heterocycles. The van der Waals surface area contributed by atoms with Crippen LogP contribution in [0.4, 0.5) is 0 Å². The van der Waals surface area contributed by atoms with Crippen molar-refractivity contribution in [1.29, 1.82) is 0 Å². The van der Waals surface area contributed by atoms with E-state index < -0.39 is 9.84 Å². The van der Waals surface area contributed by atoms with Crippen LogP contribution in [0.3, 0.4) is 0 Å². The molecule has 1 fully saturated rings. The van der Waals surface area contributed by atoms with Crippen molar-refractivity contribution in [2.45, 2.75) is 13.3 Å². The van der Waals surface area contributed by atoms with Gasteiger partial charge in [0, 0.05) is 11.4 Å². The topological polar surface area (TPSA) is 91.9 Å². The van der Waals surface area contributed by atoms with Gasteiger partial charge in [0.15, 0.2) is 15.5 Å². The van der Waals surface area contributed by atoms with E-state index >= 15 is 0 Å². The molecular weight excluding hydrogens is 322 g/mol. The van der Waals surface area contributed by atoms with Crippen molar-refractivity contribution >= 4 is 27.1 Å². The van der Waals surface area contributed by atoms with Crippen LogP contribution in [0.15, 0.2) is 18.2 Å². The lowest BCUT2D eigenvalue weighted by Crippen LogP contribution is -2.30. The van der Waals surface area contributed by atoms with Gasteiger partial charge in [0.25, 0.3) is 5.91 Å². The molecule has 0 bridgehead atoms. The van der Waals surface area contributed by atoms with Crippen LogP contribution >= 0.6 is 11.3 Å². The molecular formula is C14H17N3O3S2. The van der Waals surface area contributed by atoms with Gasteiger partial charge in [-0.1, -0.05) is 0 Å². The monoisotopic (exact) mass is 339 g/mol. The fraction of sp³-hybridized carbons (Fsp3) is 0.429. The highest BCUT2D eigenvalue weighted by Crippen LogP contribution is 2.26. The Morgan fingerprint density at radius 3 is 2.95 bits per heavy atom. The molecule has 2 N–H and O–H groups in total. The Bertz CT molecular complexity index is 792. The largest absolute Gasteiger partial charge is 0.350 e. The summed E-state index contributed by atoms with van der Waals surface area (Å²) in [5.41, 5.74) is 1.13. The van der Waals surface area contributed by atoms with Crippen molar-refractivity contribution in [3.8, 4) is 10.6 Å². The van der Waals surface area contributed by atoms with Crippen LogP contribution in [-0.4, -0.2) is 42.6 Å². The second kappa shape index (κ2) is 5.85. The van der Waals surface area contributed by atoms with Crippen LogP contribution in [0, 0.1) is 12.8 Å². The first-order valence-corrected chi connectivity index (χ1v) is 9.67. The average Bonchev–Trinajstić information content (AvgIpc) is 3.15. The van der Waals surface area contributed by atoms with E-state index in [-0.39, 0.29) is 23.3 Å². The third kappa shape index (κ3) is 3.38. The van der Waals surface area contributed by atoms with Crippen LogP contribution in [0.25, 0.3) is 10.6 Å². The molecule has 0 radical (unpaired) electrons. The minimum Gasteiger partial charge on any atom is -0.350 e. The third-order valence-electron chi connectivity index (χ3n) is 3.69. The summed E-state index contributed by atoms with van der Waals surface area (Å²) < 4.78 is 22.8. The number of thiophene rings is 1. The fourth-order valence-corrected chi connectivity index (χ4v) is 5.20. The van der Waals surface area contributed by atoms with Gasteiger partial charge in [-0.25, -0.2) is 8.42 Å². The zero-order valence-electron chi connectivity index (χ0n) is 12.1. The highest BCUT2D eigenvalue weighted by atomic mass is 32.2. The first-order chi connectivity index (χ1) is 10.4. The Morgan fingerprint density at radius 2 is 2.32 bits per heavy atom. The number of hydrogen-bond acceptors (Lipinski definition) is 5. The normalized spacial score (nSPS) is 20.1. The van der Waals surface area contributed by atoms with Gasteiger partial charge in [-0.2, -0.15) is 5.10 Å². The van der Waals surface area contributed by atoms with Crippen LogP contribution in [-0.2, 0) is 9.84 Å². The SMILES string of the molecule is Cc1ccc(-c2cc(C(=O)NCC3CCS(=O)(=O)C3)n[nH]2)s1. The zero-order valence-corrected chi connectivity index (χ0v) is 13.8. The summed E-state index contributed by atoms with van der Waals surface area (Å²) in [7, 11) is -2.91. The van der Waals surface area contributed by atoms with Crippen molar-refractivity contribution in [3.63, 3.8) is 0 Å². The van der Waals surface area contributed by atoms with Crippen LogP contribution in [0.1, 0.15) is 21.8 Å². The summed E-state index contributed by atoms with van der Waals surface area (Å²) in [6.07, 6.45) is 0.614. The molecule has 1 amide bonds. The Balaban J connectivity index is 1.60. The predicted molar refractivity (Wildman–Crippen MR) is 85.7 cm³/mol. The molecule has 3 rings (SSSR count). The number of nitrogens with zero attached hydrogens (tertiary/aromatic N) is 1. The minimum absolute atomic E-state index is 0.00677. The van der Waals surface area contributed by atoms with E-state index in [1.807, 2.05) is 19.1 Å². The molecule has 118 valence electrons. The summed E-state index contributed by atoms with van der Waals surface area (Å²) in [6.45, 7) is 2.40. The van der Waals surface area contributed by atoms with Gasteiger partial charge in [0.2, 0.25) is 0 Å². The molecule has 2 aromatic heterocycles. The van der Waals surface area contributed by atoms with Crippen LogP contribution in [0.5, 0.6) is 0 Å². The number of aromatic nitrogens is 2. The lowest BCUT2D eigenvalue weighted by atomic mass is 10.1. The van der Waals surface area contributed by atoms with Crippen molar-refractivity contribution in [2.24, 2.45) is 5.92 Å². The number of rotatable bonds is 4. The molecule has 1 atom stereocenters. The number of hydrogen-bond donors (Lipinski definition) is 2. The molecule has 0 aliphatic carbocycles.